The van der Waals surface area contributed by atoms with Crippen molar-refractivity contribution >= 4 is 33.5 Å². The Morgan fingerprint density at radius 1 is 1.12 bits per heavy atom. The average Bonchev–Trinajstić information content (AvgIpc) is 2.57. The van der Waals surface area contributed by atoms with Gasteiger partial charge in [-0.3, -0.25) is 4.79 Å². The molecule has 5 nitrogen and oxygen atoms in total. The van der Waals surface area contributed by atoms with Crippen LogP contribution in [0.15, 0.2) is 46.9 Å². The molecule has 2 aromatic carbocycles. The van der Waals surface area contributed by atoms with Crippen LogP contribution < -0.4 is 10.1 Å². The van der Waals surface area contributed by atoms with Crippen LogP contribution in [0, 0.1) is 11.6 Å². The minimum absolute atomic E-state index is 0.409. The Labute approximate surface area is 151 Å². The summed E-state index contributed by atoms with van der Waals surface area (Å²) >= 11 is 3.27. The summed E-state index contributed by atoms with van der Waals surface area (Å²) in [5.74, 6) is -3.05. The van der Waals surface area contributed by atoms with Crippen LogP contribution in [0.4, 0.5) is 14.5 Å². The van der Waals surface area contributed by atoms with Gasteiger partial charge >= 0.3 is 5.97 Å². The highest BCUT2D eigenvalue weighted by Gasteiger charge is 2.21. The van der Waals surface area contributed by atoms with E-state index in [1.807, 2.05) is 0 Å². The van der Waals surface area contributed by atoms with Crippen LogP contribution in [0.3, 0.4) is 0 Å². The maximum Gasteiger partial charge on any atom is 0.344 e. The molecule has 0 aliphatic carbocycles. The number of carbonyl (C=O) groups is 2. The Kier molecular flexibility index (Phi) is 6.46. The molecule has 0 aromatic heterocycles. The number of amides is 1. The van der Waals surface area contributed by atoms with E-state index in [1.165, 1.54) is 13.0 Å². The predicted octanol–water partition coefficient (Wildman–Crippen LogP) is 3.68. The molecule has 0 radical (unpaired) electrons. The molecule has 0 fully saturated rings. The molecular weight excluding hydrogens is 400 g/mol. The van der Waals surface area contributed by atoms with Gasteiger partial charge in [0, 0.05) is 4.47 Å². The fourth-order valence-corrected chi connectivity index (χ4v) is 2.06. The van der Waals surface area contributed by atoms with Gasteiger partial charge in [-0.05, 0) is 43.3 Å². The Balaban J connectivity index is 1.85. The maximum absolute atomic E-state index is 13.5. The second-order valence-electron chi connectivity index (χ2n) is 4.96. The number of ether oxygens (including phenoxy) is 2. The molecule has 1 atom stereocenters. The third-order valence-electron chi connectivity index (χ3n) is 3.06. The van der Waals surface area contributed by atoms with Gasteiger partial charge in [0.15, 0.2) is 12.7 Å². The number of para-hydroxylation sites is 1. The van der Waals surface area contributed by atoms with E-state index in [-0.39, 0.29) is 0 Å². The van der Waals surface area contributed by atoms with Gasteiger partial charge < -0.3 is 14.8 Å². The highest BCUT2D eigenvalue weighted by atomic mass is 79.9. The number of halogens is 3. The van der Waals surface area contributed by atoms with Gasteiger partial charge in [-0.15, -0.1) is 0 Å². The molecule has 0 saturated carbocycles. The number of carbonyl (C=O) groups excluding carboxylic acids is 2. The van der Waals surface area contributed by atoms with Crippen molar-refractivity contribution in [3.05, 3.63) is 58.6 Å². The van der Waals surface area contributed by atoms with Gasteiger partial charge in [-0.1, -0.05) is 22.0 Å². The third kappa shape index (κ3) is 5.53. The van der Waals surface area contributed by atoms with E-state index in [2.05, 4.69) is 21.2 Å². The van der Waals surface area contributed by atoms with Crippen LogP contribution in [0.5, 0.6) is 5.75 Å². The lowest BCUT2D eigenvalue weighted by Crippen LogP contribution is -2.32. The highest BCUT2D eigenvalue weighted by molar-refractivity contribution is 9.10. The lowest BCUT2D eigenvalue weighted by Gasteiger charge is -2.14. The summed E-state index contributed by atoms with van der Waals surface area (Å²) in [6.07, 6.45) is -1.25. The molecule has 0 aliphatic heterocycles. The Hall–Kier alpha value is -2.48. The summed E-state index contributed by atoms with van der Waals surface area (Å²) in [7, 11) is 0. The van der Waals surface area contributed by atoms with Gasteiger partial charge in [0.25, 0.3) is 5.91 Å². The zero-order valence-corrected chi connectivity index (χ0v) is 14.7. The van der Waals surface area contributed by atoms with Crippen molar-refractivity contribution in [1.29, 1.82) is 0 Å². The van der Waals surface area contributed by atoms with Crippen molar-refractivity contribution in [2.45, 2.75) is 13.0 Å². The molecule has 2 aromatic rings. The maximum atomic E-state index is 13.5. The van der Waals surface area contributed by atoms with E-state index >= 15 is 0 Å². The molecule has 1 N–H and O–H groups in total. The van der Waals surface area contributed by atoms with Crippen LogP contribution in [0.1, 0.15) is 6.92 Å². The number of nitrogens with one attached hydrogen (secondary N) is 1. The number of hydrogen-bond acceptors (Lipinski definition) is 4. The summed E-state index contributed by atoms with van der Waals surface area (Å²) in [5.41, 5.74) is -0.596. The SMILES string of the molecule is CC(OC(=O)COc1ccc(Br)cc1)C(=O)Nc1c(F)cccc1F. The second-order valence-corrected chi connectivity index (χ2v) is 5.88. The topological polar surface area (TPSA) is 64.6 Å². The summed E-state index contributed by atoms with van der Waals surface area (Å²) < 4.78 is 37.9. The van der Waals surface area contributed by atoms with Crippen LogP contribution in [0.25, 0.3) is 0 Å². The Bertz CT molecular complexity index is 747. The molecule has 0 saturated heterocycles. The van der Waals surface area contributed by atoms with E-state index in [0.717, 1.165) is 16.6 Å². The highest BCUT2D eigenvalue weighted by Crippen LogP contribution is 2.19. The van der Waals surface area contributed by atoms with Crippen LogP contribution >= 0.6 is 15.9 Å². The number of rotatable bonds is 6. The van der Waals surface area contributed by atoms with Crippen molar-refractivity contribution < 1.29 is 27.8 Å². The minimum Gasteiger partial charge on any atom is -0.482 e. The molecule has 1 unspecified atom stereocenters. The first kappa shape index (κ1) is 18.9. The van der Waals surface area contributed by atoms with Gasteiger partial charge in [0.05, 0.1) is 0 Å². The second kappa shape index (κ2) is 8.57. The summed E-state index contributed by atoms with van der Waals surface area (Å²) in [5, 5.41) is 2.05. The van der Waals surface area contributed by atoms with E-state index in [4.69, 9.17) is 9.47 Å². The lowest BCUT2D eigenvalue weighted by atomic mass is 10.2. The molecule has 1 amide bonds. The first-order valence-corrected chi connectivity index (χ1v) is 7.99. The van der Waals surface area contributed by atoms with Gasteiger partial charge in [-0.25, -0.2) is 13.6 Å². The van der Waals surface area contributed by atoms with Crippen LogP contribution in [-0.4, -0.2) is 24.6 Å². The normalized spacial score (nSPS) is 11.5. The molecule has 0 bridgehead atoms. The summed E-state index contributed by atoms with van der Waals surface area (Å²) in [6.45, 7) is 0.874. The van der Waals surface area contributed by atoms with E-state index in [1.54, 1.807) is 24.3 Å². The van der Waals surface area contributed by atoms with Crippen molar-refractivity contribution in [3.63, 3.8) is 0 Å². The van der Waals surface area contributed by atoms with Crippen LogP contribution in [-0.2, 0) is 14.3 Å². The van der Waals surface area contributed by atoms with E-state index in [9.17, 15) is 18.4 Å². The van der Waals surface area contributed by atoms with Crippen molar-refractivity contribution in [2.75, 3.05) is 11.9 Å². The smallest absolute Gasteiger partial charge is 0.344 e. The molecule has 25 heavy (non-hydrogen) atoms. The first-order valence-electron chi connectivity index (χ1n) is 7.19. The molecular formula is C17H14BrF2NO4. The molecule has 2 rings (SSSR count). The quantitative estimate of drug-likeness (QED) is 0.733. The standard InChI is InChI=1S/C17H14BrF2NO4/c1-10(17(23)21-16-13(19)3-2-4-14(16)20)25-15(22)9-24-12-7-5-11(18)6-8-12/h2-8,10H,9H2,1H3,(H,21,23). The molecule has 0 spiro atoms. The first-order chi connectivity index (χ1) is 11.9. The summed E-state index contributed by atoms with van der Waals surface area (Å²) in [6, 6.07) is 9.94. The minimum atomic E-state index is -1.25. The molecule has 0 heterocycles. The zero-order chi connectivity index (χ0) is 18.4. The van der Waals surface area contributed by atoms with Crippen molar-refractivity contribution in [3.8, 4) is 5.75 Å². The van der Waals surface area contributed by atoms with Crippen molar-refractivity contribution in [1.82, 2.24) is 0 Å². The fourth-order valence-electron chi connectivity index (χ4n) is 1.80. The molecule has 8 heteroatoms. The zero-order valence-electron chi connectivity index (χ0n) is 13.1. The largest absolute Gasteiger partial charge is 0.482 e. The predicted molar refractivity (Wildman–Crippen MR) is 90.2 cm³/mol. The number of esters is 1. The average molecular weight is 414 g/mol. The van der Waals surface area contributed by atoms with E-state index < -0.39 is 41.9 Å². The van der Waals surface area contributed by atoms with Crippen molar-refractivity contribution in [2.24, 2.45) is 0 Å². The lowest BCUT2D eigenvalue weighted by molar-refractivity contribution is -0.155. The molecule has 0 aliphatic rings. The Morgan fingerprint density at radius 2 is 1.72 bits per heavy atom. The number of hydrogen-bond donors (Lipinski definition) is 1. The van der Waals surface area contributed by atoms with Gasteiger partial charge in [-0.2, -0.15) is 0 Å². The Morgan fingerprint density at radius 3 is 2.32 bits per heavy atom. The monoisotopic (exact) mass is 413 g/mol. The van der Waals surface area contributed by atoms with Gasteiger partial charge in [0.2, 0.25) is 0 Å². The van der Waals surface area contributed by atoms with Crippen LogP contribution in [0.2, 0.25) is 0 Å². The number of anilines is 1. The summed E-state index contributed by atoms with van der Waals surface area (Å²) in [4.78, 5) is 23.6. The van der Waals surface area contributed by atoms with Gasteiger partial charge in [0.1, 0.15) is 23.1 Å². The van der Waals surface area contributed by atoms with E-state index in [0.29, 0.717) is 5.75 Å². The number of benzene rings is 2. The molecule has 132 valence electrons. The third-order valence-corrected chi connectivity index (χ3v) is 3.59. The fraction of sp³-hybridized carbons (Fsp3) is 0.176.